The summed E-state index contributed by atoms with van der Waals surface area (Å²) in [6.07, 6.45) is 3.36. The lowest BCUT2D eigenvalue weighted by atomic mass is 10.4. The molecule has 0 unspecified atom stereocenters. The lowest BCUT2D eigenvalue weighted by molar-refractivity contribution is -0.139. The number of ether oxygens (including phenoxy) is 1. The number of carbonyl (C=O) groups is 1. The molecule has 1 aromatic heterocycles. The quantitative estimate of drug-likeness (QED) is 0.480. The Hall–Kier alpha value is -1.76. The summed E-state index contributed by atoms with van der Waals surface area (Å²) in [5, 5.41) is 0. The van der Waals surface area contributed by atoms with E-state index in [2.05, 4.69) is 26.5 Å². The molecule has 0 atom stereocenters. The third kappa shape index (κ3) is 2.46. The van der Waals surface area contributed by atoms with Gasteiger partial charge in [-0.25, -0.2) is 4.98 Å². The van der Waals surface area contributed by atoms with Crippen LogP contribution in [0.3, 0.4) is 0 Å². The number of hydrogen-bond acceptors (Lipinski definition) is 3. The highest BCUT2D eigenvalue weighted by molar-refractivity contribution is 5.72. The highest BCUT2D eigenvalue weighted by atomic mass is 16.5. The maximum absolute atomic E-state index is 10.6. The zero-order valence-electron chi connectivity index (χ0n) is 6.63. The Labute approximate surface area is 70.0 Å². The first-order valence-electron chi connectivity index (χ1n) is 3.38. The average molecular weight is 164 g/mol. The Morgan fingerprint density at radius 3 is 3.25 bits per heavy atom. The van der Waals surface area contributed by atoms with Crippen molar-refractivity contribution in [3.63, 3.8) is 0 Å². The standard InChI is InChI=1S/C8H8N2O2/c1-12-8(11)4-2-3-7-9-5-6-10-7/h5-6H,4H2,1H3,(H,9,10). The third-order valence-electron chi connectivity index (χ3n) is 1.17. The first kappa shape index (κ1) is 8.34. The molecule has 0 aliphatic carbocycles. The monoisotopic (exact) mass is 164 g/mol. The molecule has 0 radical (unpaired) electrons. The van der Waals surface area contributed by atoms with Crippen LogP contribution in [0, 0.1) is 11.8 Å². The van der Waals surface area contributed by atoms with Gasteiger partial charge in [-0.15, -0.1) is 0 Å². The van der Waals surface area contributed by atoms with Gasteiger partial charge >= 0.3 is 5.97 Å². The maximum Gasteiger partial charge on any atom is 0.317 e. The van der Waals surface area contributed by atoms with Gasteiger partial charge in [0.25, 0.3) is 0 Å². The van der Waals surface area contributed by atoms with Crippen LogP contribution in [0.5, 0.6) is 0 Å². The number of imidazole rings is 1. The van der Waals surface area contributed by atoms with E-state index in [0.717, 1.165) is 0 Å². The van der Waals surface area contributed by atoms with Crippen molar-refractivity contribution in [2.24, 2.45) is 0 Å². The Morgan fingerprint density at radius 1 is 1.83 bits per heavy atom. The predicted molar refractivity (Wildman–Crippen MR) is 42.1 cm³/mol. The second-order valence-electron chi connectivity index (χ2n) is 1.99. The van der Waals surface area contributed by atoms with Crippen LogP contribution in [0.25, 0.3) is 0 Å². The molecule has 0 spiro atoms. The van der Waals surface area contributed by atoms with Crippen molar-refractivity contribution in [3.8, 4) is 11.8 Å². The van der Waals surface area contributed by atoms with E-state index in [0.29, 0.717) is 5.82 Å². The van der Waals surface area contributed by atoms with Crippen LogP contribution in [0.1, 0.15) is 12.2 Å². The molecule has 0 bridgehead atoms. The normalized spacial score (nSPS) is 8.42. The van der Waals surface area contributed by atoms with E-state index < -0.39 is 0 Å². The number of esters is 1. The maximum atomic E-state index is 10.6. The van der Waals surface area contributed by atoms with Crippen LogP contribution in [-0.2, 0) is 9.53 Å². The minimum absolute atomic E-state index is 0.0944. The summed E-state index contributed by atoms with van der Waals surface area (Å²) in [6.45, 7) is 0. The molecular weight excluding hydrogens is 156 g/mol. The lowest BCUT2D eigenvalue weighted by Crippen LogP contribution is -1.97. The molecule has 1 N–H and O–H groups in total. The van der Waals surface area contributed by atoms with Crippen LogP contribution in [0.15, 0.2) is 12.4 Å². The fraction of sp³-hybridized carbons (Fsp3) is 0.250. The van der Waals surface area contributed by atoms with Crippen LogP contribution in [-0.4, -0.2) is 23.0 Å². The van der Waals surface area contributed by atoms with E-state index in [9.17, 15) is 4.79 Å². The zero-order valence-corrected chi connectivity index (χ0v) is 6.63. The Morgan fingerprint density at radius 2 is 2.67 bits per heavy atom. The smallest absolute Gasteiger partial charge is 0.317 e. The number of nitrogens with zero attached hydrogens (tertiary/aromatic N) is 1. The molecule has 4 nitrogen and oxygen atoms in total. The van der Waals surface area contributed by atoms with E-state index in [-0.39, 0.29) is 12.4 Å². The minimum atomic E-state index is -0.339. The second-order valence-corrected chi connectivity index (χ2v) is 1.99. The molecule has 0 saturated heterocycles. The number of aromatic nitrogens is 2. The first-order valence-corrected chi connectivity index (χ1v) is 3.38. The summed E-state index contributed by atoms with van der Waals surface area (Å²) in [7, 11) is 1.33. The molecule has 0 fully saturated rings. The van der Waals surface area contributed by atoms with Gasteiger partial charge in [-0.3, -0.25) is 4.79 Å². The van der Waals surface area contributed by atoms with E-state index in [1.807, 2.05) is 0 Å². The lowest BCUT2D eigenvalue weighted by Gasteiger charge is -1.88. The highest BCUT2D eigenvalue weighted by Crippen LogP contribution is 1.85. The van der Waals surface area contributed by atoms with E-state index in [1.54, 1.807) is 12.4 Å². The molecule has 1 rings (SSSR count). The van der Waals surface area contributed by atoms with Crippen molar-refractivity contribution in [3.05, 3.63) is 18.2 Å². The SMILES string of the molecule is COC(=O)CC#Cc1ncc[nH]1. The molecule has 1 aromatic rings. The van der Waals surface area contributed by atoms with E-state index in [1.165, 1.54) is 7.11 Å². The molecule has 0 aliphatic rings. The number of nitrogens with one attached hydrogen (secondary N) is 1. The van der Waals surface area contributed by atoms with Gasteiger partial charge in [0, 0.05) is 12.4 Å². The van der Waals surface area contributed by atoms with Gasteiger partial charge in [0.1, 0.15) is 6.42 Å². The fourth-order valence-electron chi connectivity index (χ4n) is 0.606. The first-order chi connectivity index (χ1) is 5.83. The zero-order chi connectivity index (χ0) is 8.81. The van der Waals surface area contributed by atoms with Crippen molar-refractivity contribution >= 4 is 5.97 Å². The average Bonchev–Trinajstić information content (AvgIpc) is 2.57. The van der Waals surface area contributed by atoms with Crippen molar-refractivity contribution in [2.75, 3.05) is 7.11 Å². The molecule has 0 amide bonds. The van der Waals surface area contributed by atoms with Gasteiger partial charge in [-0.1, -0.05) is 5.92 Å². The summed E-state index contributed by atoms with van der Waals surface area (Å²) in [6, 6.07) is 0. The number of hydrogen-bond donors (Lipinski definition) is 1. The molecular formula is C8H8N2O2. The van der Waals surface area contributed by atoms with Gasteiger partial charge in [-0.05, 0) is 5.92 Å². The fourth-order valence-corrected chi connectivity index (χ4v) is 0.606. The summed E-state index contributed by atoms with van der Waals surface area (Å²) >= 11 is 0. The van der Waals surface area contributed by atoms with Gasteiger partial charge in [0.15, 0.2) is 5.82 Å². The van der Waals surface area contributed by atoms with Crippen LogP contribution < -0.4 is 0 Å². The van der Waals surface area contributed by atoms with Crippen LogP contribution in [0.4, 0.5) is 0 Å². The summed E-state index contributed by atoms with van der Waals surface area (Å²) in [5.74, 6) is 5.51. The van der Waals surface area contributed by atoms with Gasteiger partial charge in [-0.2, -0.15) is 0 Å². The Kier molecular flexibility index (Phi) is 2.91. The molecule has 0 aromatic carbocycles. The van der Waals surface area contributed by atoms with Crippen molar-refractivity contribution in [1.29, 1.82) is 0 Å². The van der Waals surface area contributed by atoms with E-state index in [4.69, 9.17) is 0 Å². The molecule has 1 heterocycles. The van der Waals surface area contributed by atoms with Gasteiger partial charge in [0.2, 0.25) is 0 Å². The Bertz CT molecular complexity index is 306. The number of aromatic amines is 1. The number of carbonyl (C=O) groups excluding carboxylic acids is 1. The van der Waals surface area contributed by atoms with Gasteiger partial charge in [0.05, 0.1) is 7.11 Å². The van der Waals surface area contributed by atoms with Crippen molar-refractivity contribution in [1.82, 2.24) is 9.97 Å². The summed E-state index contributed by atoms with van der Waals surface area (Å²) in [4.78, 5) is 17.2. The number of rotatable bonds is 1. The van der Waals surface area contributed by atoms with Crippen LogP contribution >= 0.6 is 0 Å². The van der Waals surface area contributed by atoms with Crippen molar-refractivity contribution < 1.29 is 9.53 Å². The van der Waals surface area contributed by atoms with Gasteiger partial charge < -0.3 is 9.72 Å². The summed E-state index contributed by atoms with van der Waals surface area (Å²) in [5.41, 5.74) is 0. The molecule has 0 aliphatic heterocycles. The topological polar surface area (TPSA) is 55.0 Å². The summed E-state index contributed by atoms with van der Waals surface area (Å²) < 4.78 is 4.40. The van der Waals surface area contributed by atoms with Crippen LogP contribution in [0.2, 0.25) is 0 Å². The largest absolute Gasteiger partial charge is 0.468 e. The molecule has 12 heavy (non-hydrogen) atoms. The highest BCUT2D eigenvalue weighted by Gasteiger charge is 1.93. The second kappa shape index (κ2) is 4.19. The van der Waals surface area contributed by atoms with Crippen molar-refractivity contribution in [2.45, 2.75) is 6.42 Å². The third-order valence-corrected chi connectivity index (χ3v) is 1.17. The molecule has 0 saturated carbocycles. The molecule has 4 heteroatoms. The number of H-pyrrole nitrogens is 1. The number of methoxy groups -OCH3 is 1. The Balaban J connectivity index is 2.45. The minimum Gasteiger partial charge on any atom is -0.468 e. The molecule has 62 valence electrons. The van der Waals surface area contributed by atoms with E-state index >= 15 is 0 Å². The predicted octanol–water partition coefficient (Wildman–Crippen LogP) is 0.324.